The minimum absolute atomic E-state index is 0.257. The van der Waals surface area contributed by atoms with Gasteiger partial charge in [-0.2, -0.15) is 9.61 Å². The van der Waals surface area contributed by atoms with Crippen LogP contribution < -0.4 is 9.80 Å². The number of hydrogen-bond donors (Lipinski definition) is 2. The van der Waals surface area contributed by atoms with Gasteiger partial charge in [0, 0.05) is 17.3 Å². The van der Waals surface area contributed by atoms with Crippen molar-refractivity contribution in [2.45, 2.75) is 6.92 Å². The molecule has 0 unspecified atom stereocenters. The largest absolute Gasteiger partial charge is 0.391 e. The average molecular weight is 338 g/mol. The van der Waals surface area contributed by atoms with E-state index in [9.17, 15) is 0 Å². The fourth-order valence-corrected chi connectivity index (χ4v) is 3.57. The Balaban J connectivity index is 1.70. The zero-order chi connectivity index (χ0) is 17.2. The number of nitrogens with one attached hydrogen (secondary N) is 1. The Morgan fingerprint density at radius 3 is 2.64 bits per heavy atom. The molecule has 1 saturated heterocycles. The van der Waals surface area contributed by atoms with Crippen LogP contribution in [0.4, 0.5) is 5.82 Å². The van der Waals surface area contributed by atoms with Gasteiger partial charge in [0.15, 0.2) is 5.65 Å². The fourth-order valence-electron chi connectivity index (χ4n) is 3.57. The second kappa shape index (κ2) is 6.82. The third-order valence-electron chi connectivity index (χ3n) is 4.93. The first-order valence-electron chi connectivity index (χ1n) is 8.86. The summed E-state index contributed by atoms with van der Waals surface area (Å²) in [7, 11) is 0. The Bertz CT molecular complexity index is 853. The van der Waals surface area contributed by atoms with Gasteiger partial charge in [-0.3, -0.25) is 0 Å². The smallest absolute Gasteiger partial charge is 0.165 e. The number of aliphatic hydroxyl groups is 1. The summed E-state index contributed by atoms with van der Waals surface area (Å²) in [6.45, 7) is 7.14. The lowest BCUT2D eigenvalue weighted by Crippen LogP contribution is -3.15. The van der Waals surface area contributed by atoms with E-state index in [0.29, 0.717) is 0 Å². The van der Waals surface area contributed by atoms with Crippen molar-refractivity contribution >= 4 is 11.5 Å². The maximum Gasteiger partial charge on any atom is 0.165 e. The lowest BCUT2D eigenvalue weighted by atomic mass is 10.1. The quantitative estimate of drug-likeness (QED) is 0.723. The highest BCUT2D eigenvalue weighted by Crippen LogP contribution is 2.26. The van der Waals surface area contributed by atoms with Crippen molar-refractivity contribution in [3.63, 3.8) is 0 Å². The molecule has 130 valence electrons. The van der Waals surface area contributed by atoms with Gasteiger partial charge in [0.25, 0.3) is 0 Å². The van der Waals surface area contributed by atoms with Crippen LogP contribution in [0.1, 0.15) is 5.69 Å². The molecule has 0 aliphatic carbocycles. The number of anilines is 1. The van der Waals surface area contributed by atoms with Gasteiger partial charge < -0.3 is 14.9 Å². The molecule has 4 rings (SSSR count). The molecule has 0 bridgehead atoms. The van der Waals surface area contributed by atoms with Gasteiger partial charge >= 0.3 is 0 Å². The number of quaternary nitrogens is 1. The standard InChI is InChI=1S/C19H23N5O/c1-15-13-18(23-9-7-22(8-10-23)11-12-25)24-19(21-15)17(14-20-24)16-5-3-2-4-6-16/h2-6,13-14,25H,7-12H2,1H3/p+1. The van der Waals surface area contributed by atoms with Crippen molar-refractivity contribution < 1.29 is 10.0 Å². The molecule has 2 aromatic heterocycles. The van der Waals surface area contributed by atoms with Gasteiger partial charge in [-0.1, -0.05) is 30.3 Å². The van der Waals surface area contributed by atoms with E-state index in [1.54, 1.807) is 0 Å². The summed E-state index contributed by atoms with van der Waals surface area (Å²) in [5.74, 6) is 1.10. The minimum atomic E-state index is 0.257. The third kappa shape index (κ3) is 3.10. The lowest BCUT2D eigenvalue weighted by Gasteiger charge is -2.33. The highest BCUT2D eigenvalue weighted by atomic mass is 16.3. The monoisotopic (exact) mass is 338 g/mol. The Morgan fingerprint density at radius 2 is 1.92 bits per heavy atom. The number of rotatable bonds is 4. The predicted octanol–water partition coefficient (Wildman–Crippen LogP) is 0.402. The molecule has 1 aliphatic rings. The molecule has 3 aromatic rings. The summed E-state index contributed by atoms with van der Waals surface area (Å²) in [6.07, 6.45) is 1.91. The highest BCUT2D eigenvalue weighted by molar-refractivity contribution is 5.78. The van der Waals surface area contributed by atoms with Crippen LogP contribution in [0.15, 0.2) is 42.6 Å². The van der Waals surface area contributed by atoms with Crippen molar-refractivity contribution in [1.82, 2.24) is 14.6 Å². The summed E-state index contributed by atoms with van der Waals surface area (Å²) >= 11 is 0. The molecule has 1 aliphatic heterocycles. The Labute approximate surface area is 147 Å². The highest BCUT2D eigenvalue weighted by Gasteiger charge is 2.23. The Morgan fingerprint density at radius 1 is 1.16 bits per heavy atom. The molecule has 25 heavy (non-hydrogen) atoms. The van der Waals surface area contributed by atoms with E-state index in [2.05, 4.69) is 28.2 Å². The molecule has 2 N–H and O–H groups in total. The topological polar surface area (TPSA) is 58.1 Å². The second-order valence-corrected chi connectivity index (χ2v) is 6.63. The molecule has 0 radical (unpaired) electrons. The van der Waals surface area contributed by atoms with Crippen LogP contribution in [0.5, 0.6) is 0 Å². The Kier molecular flexibility index (Phi) is 4.38. The van der Waals surface area contributed by atoms with E-state index in [1.165, 1.54) is 4.90 Å². The van der Waals surface area contributed by atoms with Crippen molar-refractivity contribution in [1.29, 1.82) is 0 Å². The first kappa shape index (κ1) is 16.1. The van der Waals surface area contributed by atoms with Gasteiger partial charge in [-0.05, 0) is 12.5 Å². The van der Waals surface area contributed by atoms with Gasteiger partial charge in [0.05, 0.1) is 39.0 Å². The van der Waals surface area contributed by atoms with Crippen LogP contribution >= 0.6 is 0 Å². The number of hydrogen-bond acceptors (Lipinski definition) is 4. The molecule has 0 spiro atoms. The van der Waals surface area contributed by atoms with Crippen LogP contribution in [-0.4, -0.2) is 59.0 Å². The van der Waals surface area contributed by atoms with E-state index in [4.69, 9.17) is 10.1 Å². The zero-order valence-corrected chi connectivity index (χ0v) is 14.5. The second-order valence-electron chi connectivity index (χ2n) is 6.63. The summed E-state index contributed by atoms with van der Waals surface area (Å²) < 4.78 is 1.96. The van der Waals surface area contributed by atoms with E-state index >= 15 is 0 Å². The van der Waals surface area contributed by atoms with Gasteiger partial charge in [0.2, 0.25) is 0 Å². The Hall–Kier alpha value is -2.44. The average Bonchev–Trinajstić information content (AvgIpc) is 3.06. The number of aliphatic hydroxyl groups excluding tert-OH is 1. The van der Waals surface area contributed by atoms with Gasteiger partial charge in [-0.15, -0.1) is 0 Å². The minimum Gasteiger partial charge on any atom is -0.391 e. The summed E-state index contributed by atoms with van der Waals surface area (Å²) in [6, 6.07) is 12.4. The maximum absolute atomic E-state index is 9.13. The first-order valence-corrected chi connectivity index (χ1v) is 8.86. The van der Waals surface area contributed by atoms with Crippen LogP contribution in [0, 0.1) is 6.92 Å². The van der Waals surface area contributed by atoms with E-state index in [-0.39, 0.29) is 6.61 Å². The van der Waals surface area contributed by atoms with Crippen molar-refractivity contribution in [2.24, 2.45) is 0 Å². The lowest BCUT2D eigenvalue weighted by molar-refractivity contribution is -0.900. The van der Waals surface area contributed by atoms with E-state index in [1.807, 2.05) is 35.8 Å². The van der Waals surface area contributed by atoms with E-state index in [0.717, 1.165) is 61.0 Å². The van der Waals surface area contributed by atoms with Crippen LogP contribution in [0.25, 0.3) is 16.8 Å². The molecule has 6 nitrogen and oxygen atoms in total. The maximum atomic E-state index is 9.13. The molecular weight excluding hydrogens is 314 g/mol. The first-order chi connectivity index (χ1) is 12.3. The number of piperazine rings is 1. The van der Waals surface area contributed by atoms with Gasteiger partial charge in [-0.25, -0.2) is 4.98 Å². The number of benzene rings is 1. The zero-order valence-electron chi connectivity index (χ0n) is 14.5. The number of nitrogens with zero attached hydrogens (tertiary/aromatic N) is 4. The third-order valence-corrected chi connectivity index (χ3v) is 4.93. The van der Waals surface area contributed by atoms with Crippen LogP contribution in [-0.2, 0) is 0 Å². The molecule has 0 amide bonds. The molecular formula is C19H24N5O+. The predicted molar refractivity (Wildman–Crippen MR) is 98.0 cm³/mol. The summed E-state index contributed by atoms with van der Waals surface area (Å²) in [4.78, 5) is 8.59. The molecule has 1 aromatic carbocycles. The molecule has 6 heteroatoms. The van der Waals surface area contributed by atoms with Crippen molar-refractivity contribution in [3.05, 3.63) is 48.3 Å². The fraction of sp³-hybridized carbons (Fsp3) is 0.368. The van der Waals surface area contributed by atoms with Crippen LogP contribution in [0.3, 0.4) is 0 Å². The van der Waals surface area contributed by atoms with Gasteiger partial charge in [0.1, 0.15) is 12.4 Å². The van der Waals surface area contributed by atoms with Crippen molar-refractivity contribution in [2.75, 3.05) is 44.2 Å². The normalized spacial score (nSPS) is 15.8. The number of fused-ring (bicyclic) bond motifs is 1. The summed E-state index contributed by atoms with van der Waals surface area (Å²) in [5, 5.41) is 13.8. The summed E-state index contributed by atoms with van der Waals surface area (Å²) in [5.41, 5.74) is 4.12. The molecule has 0 atom stereocenters. The van der Waals surface area contributed by atoms with Crippen molar-refractivity contribution in [3.8, 4) is 11.1 Å². The molecule has 3 heterocycles. The number of aryl methyl sites for hydroxylation is 1. The van der Waals surface area contributed by atoms with Crippen LogP contribution in [0.2, 0.25) is 0 Å². The SMILES string of the molecule is Cc1cc(N2CC[NH+](CCO)CC2)n2ncc(-c3ccccc3)c2n1. The number of aromatic nitrogens is 3. The molecule has 0 saturated carbocycles. The molecule has 1 fully saturated rings. The van der Waals surface area contributed by atoms with E-state index < -0.39 is 0 Å².